The molecule has 0 aliphatic rings. The Balaban J connectivity index is 1.64. The van der Waals surface area contributed by atoms with Crippen LogP contribution >= 0.6 is 0 Å². The van der Waals surface area contributed by atoms with E-state index in [0.717, 1.165) is 22.6 Å². The van der Waals surface area contributed by atoms with Gasteiger partial charge in [-0.2, -0.15) is 0 Å². The van der Waals surface area contributed by atoms with Crippen molar-refractivity contribution in [1.82, 2.24) is 10.3 Å². The second kappa shape index (κ2) is 9.04. The number of nitrogens with one attached hydrogen (secondary N) is 1. The first-order chi connectivity index (χ1) is 13.5. The van der Waals surface area contributed by atoms with Crippen LogP contribution in [0.2, 0.25) is 0 Å². The Labute approximate surface area is 165 Å². The third kappa shape index (κ3) is 4.88. The largest absolute Gasteiger partial charge is 0.493 e. The van der Waals surface area contributed by atoms with E-state index >= 15 is 0 Å². The van der Waals surface area contributed by atoms with Gasteiger partial charge in [-0.3, -0.25) is 4.79 Å². The van der Waals surface area contributed by atoms with Gasteiger partial charge in [0, 0.05) is 29.8 Å². The van der Waals surface area contributed by atoms with Crippen molar-refractivity contribution in [3.63, 3.8) is 0 Å². The molecule has 0 radical (unpaired) electrons. The Morgan fingerprint density at radius 1 is 1.07 bits per heavy atom. The van der Waals surface area contributed by atoms with E-state index in [4.69, 9.17) is 4.74 Å². The van der Waals surface area contributed by atoms with E-state index in [1.807, 2.05) is 68.4 Å². The van der Waals surface area contributed by atoms with Gasteiger partial charge in [0.2, 0.25) is 5.88 Å². The summed E-state index contributed by atoms with van der Waals surface area (Å²) in [6.45, 7) is 4.42. The molecule has 5 nitrogen and oxygen atoms in total. The Morgan fingerprint density at radius 3 is 2.54 bits per heavy atom. The number of rotatable bonds is 7. The molecule has 3 rings (SSSR count). The lowest BCUT2D eigenvalue weighted by Gasteiger charge is -2.13. The fraction of sp³-hybridized carbons (Fsp3) is 0.217. The van der Waals surface area contributed by atoms with Crippen LogP contribution < -0.4 is 10.1 Å². The highest BCUT2D eigenvalue weighted by Crippen LogP contribution is 2.19. The van der Waals surface area contributed by atoms with Crippen molar-refractivity contribution in [1.29, 1.82) is 0 Å². The molecule has 144 valence electrons. The van der Waals surface area contributed by atoms with Gasteiger partial charge in [-0.25, -0.2) is 4.98 Å². The zero-order valence-corrected chi connectivity index (χ0v) is 16.1. The molecule has 0 bridgehead atoms. The SMILES string of the molecule is Cc1cc(C)c(CNC(=O)c2ccccc2CCOc2ccccc2)c(O)n1. The molecule has 2 aromatic carbocycles. The predicted molar refractivity (Wildman–Crippen MR) is 109 cm³/mol. The molecule has 1 aromatic heterocycles. The van der Waals surface area contributed by atoms with Crippen LogP contribution in [0.3, 0.4) is 0 Å². The highest BCUT2D eigenvalue weighted by Gasteiger charge is 2.13. The number of aryl methyl sites for hydroxylation is 2. The van der Waals surface area contributed by atoms with Crippen LogP contribution in [0, 0.1) is 13.8 Å². The van der Waals surface area contributed by atoms with E-state index in [1.54, 1.807) is 6.07 Å². The average molecular weight is 376 g/mol. The fourth-order valence-corrected chi connectivity index (χ4v) is 3.08. The molecule has 0 fully saturated rings. The molecule has 1 amide bonds. The van der Waals surface area contributed by atoms with Crippen molar-refractivity contribution < 1.29 is 14.6 Å². The number of amides is 1. The lowest BCUT2D eigenvalue weighted by Crippen LogP contribution is -2.25. The van der Waals surface area contributed by atoms with Gasteiger partial charge in [0.25, 0.3) is 5.91 Å². The summed E-state index contributed by atoms with van der Waals surface area (Å²) >= 11 is 0. The van der Waals surface area contributed by atoms with Crippen LogP contribution in [0.15, 0.2) is 60.7 Å². The maximum atomic E-state index is 12.7. The van der Waals surface area contributed by atoms with Gasteiger partial charge < -0.3 is 15.2 Å². The standard InChI is InChI=1S/C23H24N2O3/c1-16-14-17(2)25-23(27)21(16)15-24-22(26)20-11-7-6-8-18(20)12-13-28-19-9-4-3-5-10-19/h3-11,14H,12-13,15H2,1-2H3,(H,24,26)(H,25,27). The van der Waals surface area contributed by atoms with Crippen LogP contribution in [0.5, 0.6) is 11.6 Å². The van der Waals surface area contributed by atoms with E-state index in [9.17, 15) is 9.90 Å². The highest BCUT2D eigenvalue weighted by atomic mass is 16.5. The molecule has 0 saturated carbocycles. The van der Waals surface area contributed by atoms with Gasteiger partial charge in [0.15, 0.2) is 0 Å². The fourth-order valence-electron chi connectivity index (χ4n) is 3.08. The number of carbonyl (C=O) groups is 1. The zero-order valence-electron chi connectivity index (χ0n) is 16.1. The van der Waals surface area contributed by atoms with Crippen LogP contribution in [-0.4, -0.2) is 22.6 Å². The van der Waals surface area contributed by atoms with Crippen molar-refractivity contribution in [3.8, 4) is 11.6 Å². The first-order valence-electron chi connectivity index (χ1n) is 9.24. The predicted octanol–water partition coefficient (Wildman–Crippen LogP) is 3.96. The number of aromatic nitrogens is 1. The molecule has 0 unspecified atom stereocenters. The van der Waals surface area contributed by atoms with E-state index < -0.39 is 0 Å². The molecule has 3 aromatic rings. The van der Waals surface area contributed by atoms with Crippen molar-refractivity contribution >= 4 is 5.91 Å². The Hall–Kier alpha value is -3.34. The van der Waals surface area contributed by atoms with Crippen LogP contribution in [0.4, 0.5) is 0 Å². The van der Waals surface area contributed by atoms with Crippen molar-refractivity contribution in [2.75, 3.05) is 6.61 Å². The normalized spacial score (nSPS) is 10.5. The molecule has 0 saturated heterocycles. The van der Waals surface area contributed by atoms with Crippen molar-refractivity contribution in [3.05, 3.63) is 88.6 Å². The number of benzene rings is 2. The molecule has 2 N–H and O–H groups in total. The van der Waals surface area contributed by atoms with E-state index in [0.29, 0.717) is 24.2 Å². The lowest BCUT2D eigenvalue weighted by molar-refractivity contribution is 0.0949. The maximum absolute atomic E-state index is 12.7. The minimum absolute atomic E-state index is 0.0395. The molecule has 0 atom stereocenters. The Bertz CT molecular complexity index is 932. The third-order valence-corrected chi connectivity index (χ3v) is 4.52. The zero-order chi connectivity index (χ0) is 19.9. The Kier molecular flexibility index (Phi) is 6.27. The minimum atomic E-state index is -0.185. The summed E-state index contributed by atoms with van der Waals surface area (Å²) in [4.78, 5) is 16.8. The minimum Gasteiger partial charge on any atom is -0.493 e. The molecular weight excluding hydrogens is 352 g/mol. The van der Waals surface area contributed by atoms with Crippen molar-refractivity contribution in [2.24, 2.45) is 0 Å². The molecule has 1 heterocycles. The van der Waals surface area contributed by atoms with Gasteiger partial charge in [-0.05, 0) is 49.2 Å². The number of hydrogen-bond acceptors (Lipinski definition) is 4. The molecular formula is C23H24N2O3. The smallest absolute Gasteiger partial charge is 0.251 e. The van der Waals surface area contributed by atoms with Gasteiger partial charge >= 0.3 is 0 Å². The summed E-state index contributed by atoms with van der Waals surface area (Å²) in [6, 6.07) is 19.0. The number of aromatic hydroxyl groups is 1. The van der Waals surface area contributed by atoms with Crippen LogP contribution in [0.25, 0.3) is 0 Å². The summed E-state index contributed by atoms with van der Waals surface area (Å²) in [5, 5.41) is 12.9. The number of pyridine rings is 1. The Morgan fingerprint density at radius 2 is 1.79 bits per heavy atom. The first kappa shape index (κ1) is 19.4. The van der Waals surface area contributed by atoms with Crippen LogP contribution in [-0.2, 0) is 13.0 Å². The lowest BCUT2D eigenvalue weighted by atomic mass is 10.0. The first-order valence-corrected chi connectivity index (χ1v) is 9.24. The third-order valence-electron chi connectivity index (χ3n) is 4.52. The second-order valence-electron chi connectivity index (χ2n) is 6.63. The van der Waals surface area contributed by atoms with E-state index in [1.165, 1.54) is 0 Å². The van der Waals surface area contributed by atoms with Gasteiger partial charge in [0.1, 0.15) is 5.75 Å². The number of hydrogen-bond donors (Lipinski definition) is 2. The summed E-state index contributed by atoms with van der Waals surface area (Å²) in [5.74, 6) is 0.583. The molecule has 0 spiro atoms. The molecule has 0 aliphatic heterocycles. The topological polar surface area (TPSA) is 71.5 Å². The number of carbonyl (C=O) groups excluding carboxylic acids is 1. The molecule has 5 heteroatoms. The highest BCUT2D eigenvalue weighted by molar-refractivity contribution is 5.95. The summed E-state index contributed by atoms with van der Waals surface area (Å²) in [6.07, 6.45) is 0.620. The quantitative estimate of drug-likeness (QED) is 0.655. The van der Waals surface area contributed by atoms with Gasteiger partial charge in [-0.15, -0.1) is 0 Å². The summed E-state index contributed by atoms with van der Waals surface area (Å²) in [7, 11) is 0. The van der Waals surface area contributed by atoms with Crippen molar-refractivity contribution in [2.45, 2.75) is 26.8 Å². The number of ether oxygens (including phenoxy) is 1. The van der Waals surface area contributed by atoms with E-state index in [2.05, 4.69) is 10.3 Å². The summed E-state index contributed by atoms with van der Waals surface area (Å²) < 4.78 is 5.74. The monoisotopic (exact) mass is 376 g/mol. The number of para-hydroxylation sites is 1. The average Bonchev–Trinajstić information content (AvgIpc) is 2.68. The second-order valence-corrected chi connectivity index (χ2v) is 6.63. The number of nitrogens with zero attached hydrogens (tertiary/aromatic N) is 1. The molecule has 28 heavy (non-hydrogen) atoms. The van der Waals surface area contributed by atoms with Crippen LogP contribution in [0.1, 0.15) is 32.7 Å². The van der Waals surface area contributed by atoms with E-state index in [-0.39, 0.29) is 18.3 Å². The maximum Gasteiger partial charge on any atom is 0.251 e. The molecule has 0 aliphatic carbocycles. The van der Waals surface area contributed by atoms with Gasteiger partial charge in [-0.1, -0.05) is 36.4 Å². The van der Waals surface area contributed by atoms with Gasteiger partial charge in [0.05, 0.1) is 6.61 Å². The summed E-state index contributed by atoms with van der Waals surface area (Å²) in [5.41, 5.74) is 3.79.